The van der Waals surface area contributed by atoms with E-state index in [1.165, 1.54) is 11.3 Å². The van der Waals surface area contributed by atoms with Crippen molar-refractivity contribution >= 4 is 23.3 Å². The lowest BCUT2D eigenvalue weighted by atomic mass is 9.87. The van der Waals surface area contributed by atoms with Gasteiger partial charge < -0.3 is 14.9 Å². The Morgan fingerprint density at radius 1 is 1.11 bits per heavy atom. The molecule has 1 aromatic heterocycles. The number of piperazine rings is 1. The molecule has 3 atom stereocenters. The number of hydrogen-bond acceptors (Lipinski definition) is 6. The van der Waals surface area contributed by atoms with Crippen LogP contribution in [0.15, 0.2) is 30.6 Å². The fraction of sp³-hybridized carbons (Fsp3) is 0.607. The number of benzene rings is 1. The van der Waals surface area contributed by atoms with E-state index >= 15 is 0 Å². The van der Waals surface area contributed by atoms with E-state index in [9.17, 15) is 9.90 Å². The molecule has 1 aromatic carbocycles. The fourth-order valence-corrected chi connectivity index (χ4v) is 6.46. The van der Waals surface area contributed by atoms with Crippen molar-refractivity contribution in [1.29, 1.82) is 0 Å². The number of β-amino-alcohol motifs (C(OH)–C–C–N with tert-alkyl or cyclic N) is 1. The predicted octanol–water partition coefficient (Wildman–Crippen LogP) is 3.85. The first-order valence-electron chi connectivity index (χ1n) is 13.3. The van der Waals surface area contributed by atoms with E-state index in [0.717, 1.165) is 56.7 Å². The van der Waals surface area contributed by atoms with E-state index in [1.54, 1.807) is 6.33 Å². The number of aliphatic hydroxyl groups is 1. The van der Waals surface area contributed by atoms with E-state index in [1.807, 2.05) is 43.0 Å². The minimum absolute atomic E-state index is 0.0640. The zero-order chi connectivity index (χ0) is 25.4. The standard InChI is InChI=1S/C28H38ClN5O2/c1-19-6-11-22-24(19)26(31-18-30-22)32-13-15-33(16-14-32)27(35)25(20-7-9-21(29)10-8-20)23-5-4-12-34(23)17-28(2,3)36/h7-10,18-19,23,25,36H,4-6,11-17H2,1-3H3. The maximum atomic E-state index is 14.1. The smallest absolute Gasteiger partial charge is 0.231 e. The molecule has 1 N–H and O–H groups in total. The third-order valence-corrected chi connectivity index (χ3v) is 8.28. The molecule has 36 heavy (non-hydrogen) atoms. The maximum Gasteiger partial charge on any atom is 0.231 e. The minimum atomic E-state index is -0.809. The number of amides is 1. The summed E-state index contributed by atoms with van der Waals surface area (Å²) in [7, 11) is 0. The Labute approximate surface area is 219 Å². The average Bonchev–Trinajstić information content (AvgIpc) is 3.46. The number of aromatic nitrogens is 2. The van der Waals surface area contributed by atoms with Gasteiger partial charge in [0.15, 0.2) is 0 Å². The average molecular weight is 512 g/mol. The van der Waals surface area contributed by atoms with Gasteiger partial charge in [-0.3, -0.25) is 9.69 Å². The summed E-state index contributed by atoms with van der Waals surface area (Å²) in [5.41, 5.74) is 2.67. The highest BCUT2D eigenvalue weighted by Crippen LogP contribution is 2.38. The van der Waals surface area contributed by atoms with Crippen LogP contribution in [0.5, 0.6) is 0 Å². The second-order valence-electron chi connectivity index (χ2n) is 11.3. The first kappa shape index (κ1) is 25.4. The second-order valence-corrected chi connectivity index (χ2v) is 11.8. The van der Waals surface area contributed by atoms with Gasteiger partial charge >= 0.3 is 0 Å². The molecule has 1 aliphatic carbocycles. The van der Waals surface area contributed by atoms with Gasteiger partial charge in [-0.15, -0.1) is 0 Å². The van der Waals surface area contributed by atoms with Crippen LogP contribution in [0.25, 0.3) is 0 Å². The summed E-state index contributed by atoms with van der Waals surface area (Å²) >= 11 is 6.19. The minimum Gasteiger partial charge on any atom is -0.389 e. The molecule has 2 fully saturated rings. The highest BCUT2D eigenvalue weighted by Gasteiger charge is 2.41. The van der Waals surface area contributed by atoms with E-state index in [4.69, 9.17) is 11.6 Å². The monoisotopic (exact) mass is 511 g/mol. The molecule has 1 amide bonds. The van der Waals surface area contributed by atoms with Crippen LogP contribution in [0.2, 0.25) is 5.02 Å². The van der Waals surface area contributed by atoms with Gasteiger partial charge in [-0.25, -0.2) is 9.97 Å². The Balaban J connectivity index is 1.35. The Morgan fingerprint density at radius 2 is 1.83 bits per heavy atom. The van der Waals surface area contributed by atoms with Crippen molar-refractivity contribution in [3.8, 4) is 0 Å². The highest BCUT2D eigenvalue weighted by molar-refractivity contribution is 6.30. The van der Waals surface area contributed by atoms with Crippen molar-refractivity contribution < 1.29 is 9.90 Å². The van der Waals surface area contributed by atoms with Crippen molar-refractivity contribution in [3.63, 3.8) is 0 Å². The molecule has 3 aliphatic rings. The molecule has 2 aromatic rings. The molecule has 0 spiro atoms. The van der Waals surface area contributed by atoms with Crippen molar-refractivity contribution in [2.24, 2.45) is 0 Å². The van der Waals surface area contributed by atoms with Crippen LogP contribution in [0.3, 0.4) is 0 Å². The van der Waals surface area contributed by atoms with Crippen molar-refractivity contribution in [3.05, 3.63) is 52.4 Å². The van der Waals surface area contributed by atoms with Crippen LogP contribution in [0.1, 0.15) is 68.7 Å². The van der Waals surface area contributed by atoms with Crippen LogP contribution in [-0.4, -0.2) is 81.7 Å². The summed E-state index contributed by atoms with van der Waals surface area (Å²) < 4.78 is 0. The predicted molar refractivity (Wildman–Crippen MR) is 143 cm³/mol. The van der Waals surface area contributed by atoms with Gasteiger partial charge in [0.25, 0.3) is 0 Å². The van der Waals surface area contributed by atoms with Gasteiger partial charge in [-0.1, -0.05) is 30.7 Å². The molecule has 0 radical (unpaired) electrons. The third-order valence-electron chi connectivity index (χ3n) is 8.03. The molecular formula is C28H38ClN5O2. The number of anilines is 1. The zero-order valence-electron chi connectivity index (χ0n) is 21.7. The summed E-state index contributed by atoms with van der Waals surface area (Å²) in [4.78, 5) is 30.0. The summed E-state index contributed by atoms with van der Waals surface area (Å²) in [6.45, 7) is 10.3. The Hall–Kier alpha value is -2.22. The van der Waals surface area contributed by atoms with Crippen molar-refractivity contribution in [1.82, 2.24) is 19.8 Å². The molecule has 7 nitrogen and oxygen atoms in total. The van der Waals surface area contributed by atoms with Gasteiger partial charge in [0.1, 0.15) is 12.1 Å². The van der Waals surface area contributed by atoms with Gasteiger partial charge in [-0.2, -0.15) is 0 Å². The zero-order valence-corrected chi connectivity index (χ0v) is 22.4. The van der Waals surface area contributed by atoms with E-state index in [-0.39, 0.29) is 17.9 Å². The summed E-state index contributed by atoms with van der Waals surface area (Å²) in [6.07, 6.45) is 5.82. The lowest BCUT2D eigenvalue weighted by Gasteiger charge is -2.40. The Kier molecular flexibility index (Phi) is 7.25. The maximum absolute atomic E-state index is 14.1. The first-order valence-corrected chi connectivity index (χ1v) is 13.7. The number of fused-ring (bicyclic) bond motifs is 1. The van der Waals surface area contributed by atoms with Gasteiger partial charge in [0.2, 0.25) is 5.91 Å². The van der Waals surface area contributed by atoms with Crippen LogP contribution in [-0.2, 0) is 11.2 Å². The molecule has 5 rings (SSSR count). The highest BCUT2D eigenvalue weighted by atomic mass is 35.5. The molecule has 0 saturated carbocycles. The molecule has 0 bridgehead atoms. The molecule has 3 unspecified atom stereocenters. The summed E-state index contributed by atoms with van der Waals surface area (Å²) in [6, 6.07) is 7.80. The number of hydrogen-bond donors (Lipinski definition) is 1. The van der Waals surface area contributed by atoms with Gasteiger partial charge in [0, 0.05) is 55.0 Å². The lowest BCUT2D eigenvalue weighted by molar-refractivity contribution is -0.135. The van der Waals surface area contributed by atoms with E-state index in [0.29, 0.717) is 30.6 Å². The molecule has 8 heteroatoms. The topological polar surface area (TPSA) is 72.8 Å². The third kappa shape index (κ3) is 5.24. The summed E-state index contributed by atoms with van der Waals surface area (Å²) in [5.74, 6) is 1.43. The van der Waals surface area contributed by atoms with Crippen LogP contribution >= 0.6 is 11.6 Å². The lowest BCUT2D eigenvalue weighted by Crippen LogP contribution is -2.53. The first-order chi connectivity index (χ1) is 17.2. The van der Waals surface area contributed by atoms with Crippen molar-refractivity contribution in [2.75, 3.05) is 44.2 Å². The Morgan fingerprint density at radius 3 is 2.53 bits per heavy atom. The molecule has 2 saturated heterocycles. The molecule has 194 valence electrons. The van der Waals surface area contributed by atoms with Crippen LogP contribution in [0.4, 0.5) is 5.82 Å². The van der Waals surface area contributed by atoms with E-state index < -0.39 is 5.60 Å². The number of carbonyl (C=O) groups excluding carboxylic acids is 1. The van der Waals surface area contributed by atoms with Gasteiger partial charge in [0.05, 0.1) is 11.5 Å². The van der Waals surface area contributed by atoms with E-state index in [2.05, 4.69) is 26.7 Å². The quantitative estimate of drug-likeness (QED) is 0.635. The molecular weight excluding hydrogens is 474 g/mol. The number of halogens is 1. The summed E-state index contributed by atoms with van der Waals surface area (Å²) in [5, 5.41) is 11.2. The fourth-order valence-electron chi connectivity index (χ4n) is 6.33. The number of rotatable bonds is 6. The largest absolute Gasteiger partial charge is 0.389 e. The van der Waals surface area contributed by atoms with Gasteiger partial charge in [-0.05, 0) is 69.7 Å². The number of likely N-dealkylation sites (tertiary alicyclic amines) is 1. The SMILES string of the molecule is CC1CCc2ncnc(N3CCN(C(=O)C(c4ccc(Cl)cc4)C4CCCN4CC(C)(C)O)CC3)c21. The second kappa shape index (κ2) is 10.3. The normalized spacial score (nSPS) is 23.7. The molecule has 3 heterocycles. The number of aryl methyl sites for hydroxylation is 1. The number of nitrogens with zero attached hydrogens (tertiary/aromatic N) is 5. The molecule has 2 aliphatic heterocycles. The van der Waals surface area contributed by atoms with Crippen molar-refractivity contribution in [2.45, 2.75) is 69.9 Å². The van der Waals surface area contributed by atoms with Crippen LogP contribution < -0.4 is 4.90 Å². The van der Waals surface area contributed by atoms with Crippen LogP contribution in [0, 0.1) is 0 Å². The number of carbonyl (C=O) groups is 1. The Bertz CT molecular complexity index is 1080.